The summed E-state index contributed by atoms with van der Waals surface area (Å²) < 4.78 is 5.10. The largest absolute Gasteiger partial charge is 0.380 e. The zero-order valence-corrected chi connectivity index (χ0v) is 7.00. The lowest BCUT2D eigenvalue weighted by Gasteiger charge is -2.18. The first-order valence-electron chi connectivity index (χ1n) is 3.64. The number of aliphatic hydroxyl groups excluding tert-OH is 1. The Morgan fingerprint density at radius 1 is 1.60 bits per heavy atom. The molecule has 0 aromatic rings. The summed E-state index contributed by atoms with van der Waals surface area (Å²) in [5, 5.41) is 8.99. The van der Waals surface area contributed by atoms with Gasteiger partial charge in [-0.2, -0.15) is 0 Å². The van der Waals surface area contributed by atoms with E-state index >= 15 is 0 Å². The number of rotatable bonds is 5. The summed E-state index contributed by atoms with van der Waals surface area (Å²) in [5.74, 6) is 0. The van der Waals surface area contributed by atoms with Gasteiger partial charge in [0.2, 0.25) is 0 Å². The standard InChI is InChI=1S/C7H17NO2/c1-4-10-6-5-8(3)7(2)9/h7,9H,4-6H2,1-3H3. The Morgan fingerprint density at radius 2 is 2.20 bits per heavy atom. The molecule has 62 valence electrons. The lowest BCUT2D eigenvalue weighted by atomic mass is 10.5. The molecule has 10 heavy (non-hydrogen) atoms. The first-order chi connectivity index (χ1) is 4.68. The summed E-state index contributed by atoms with van der Waals surface area (Å²) in [6, 6.07) is 0. The molecule has 0 aromatic heterocycles. The lowest BCUT2D eigenvalue weighted by Crippen LogP contribution is -2.31. The van der Waals surface area contributed by atoms with Crippen molar-refractivity contribution in [1.29, 1.82) is 0 Å². The SMILES string of the molecule is CCOCCN(C)C(C)O. The molecule has 0 bridgehead atoms. The average molecular weight is 147 g/mol. The molecule has 1 atom stereocenters. The van der Waals surface area contributed by atoms with Crippen LogP contribution in [0.3, 0.4) is 0 Å². The van der Waals surface area contributed by atoms with Crippen molar-refractivity contribution in [3.63, 3.8) is 0 Å². The van der Waals surface area contributed by atoms with Gasteiger partial charge in [0, 0.05) is 13.2 Å². The highest BCUT2D eigenvalue weighted by atomic mass is 16.5. The van der Waals surface area contributed by atoms with Crippen molar-refractivity contribution < 1.29 is 9.84 Å². The van der Waals surface area contributed by atoms with Gasteiger partial charge in [-0.05, 0) is 20.9 Å². The molecular weight excluding hydrogens is 130 g/mol. The molecule has 0 rings (SSSR count). The molecule has 1 unspecified atom stereocenters. The third-order valence-electron chi connectivity index (χ3n) is 1.43. The Morgan fingerprint density at radius 3 is 2.60 bits per heavy atom. The maximum Gasteiger partial charge on any atom is 0.104 e. The molecule has 3 nitrogen and oxygen atoms in total. The summed E-state index contributed by atoms with van der Waals surface area (Å²) in [5.41, 5.74) is 0. The minimum atomic E-state index is -0.375. The van der Waals surface area contributed by atoms with Crippen LogP contribution in [0.25, 0.3) is 0 Å². The molecule has 0 saturated carbocycles. The van der Waals surface area contributed by atoms with E-state index in [9.17, 15) is 0 Å². The van der Waals surface area contributed by atoms with Crippen molar-refractivity contribution in [2.45, 2.75) is 20.1 Å². The van der Waals surface area contributed by atoms with Crippen LogP contribution >= 0.6 is 0 Å². The van der Waals surface area contributed by atoms with Gasteiger partial charge in [0.25, 0.3) is 0 Å². The fraction of sp³-hybridized carbons (Fsp3) is 1.00. The van der Waals surface area contributed by atoms with E-state index in [4.69, 9.17) is 9.84 Å². The predicted molar refractivity (Wildman–Crippen MR) is 40.8 cm³/mol. The minimum Gasteiger partial charge on any atom is -0.380 e. The molecule has 0 aliphatic carbocycles. The van der Waals surface area contributed by atoms with Gasteiger partial charge in [0.05, 0.1) is 6.61 Å². The number of aliphatic hydroxyl groups is 1. The molecular formula is C7H17NO2. The smallest absolute Gasteiger partial charge is 0.104 e. The highest BCUT2D eigenvalue weighted by Crippen LogP contribution is 1.88. The highest BCUT2D eigenvalue weighted by molar-refractivity contribution is 4.48. The van der Waals surface area contributed by atoms with E-state index in [0.717, 1.165) is 13.2 Å². The quantitative estimate of drug-likeness (QED) is 0.448. The van der Waals surface area contributed by atoms with Gasteiger partial charge in [-0.25, -0.2) is 0 Å². The summed E-state index contributed by atoms with van der Waals surface area (Å²) in [7, 11) is 1.86. The molecule has 0 radical (unpaired) electrons. The zero-order chi connectivity index (χ0) is 7.98. The van der Waals surface area contributed by atoms with Gasteiger partial charge in [-0.1, -0.05) is 0 Å². The van der Waals surface area contributed by atoms with E-state index in [1.54, 1.807) is 6.92 Å². The lowest BCUT2D eigenvalue weighted by molar-refractivity contribution is 0.0163. The van der Waals surface area contributed by atoms with Crippen LogP contribution in [-0.2, 0) is 4.74 Å². The summed E-state index contributed by atoms with van der Waals surface area (Å²) in [4.78, 5) is 1.83. The zero-order valence-electron chi connectivity index (χ0n) is 7.00. The van der Waals surface area contributed by atoms with Gasteiger partial charge in [-0.15, -0.1) is 0 Å². The molecule has 0 aliphatic rings. The first kappa shape index (κ1) is 9.88. The molecule has 0 aromatic carbocycles. The van der Waals surface area contributed by atoms with Gasteiger partial charge in [-0.3, -0.25) is 4.90 Å². The summed E-state index contributed by atoms with van der Waals surface area (Å²) in [6.45, 7) is 5.92. The number of nitrogens with zero attached hydrogens (tertiary/aromatic N) is 1. The van der Waals surface area contributed by atoms with Crippen LogP contribution in [0.1, 0.15) is 13.8 Å². The maximum atomic E-state index is 8.99. The third kappa shape index (κ3) is 4.73. The van der Waals surface area contributed by atoms with Crippen LogP contribution in [0.4, 0.5) is 0 Å². The minimum absolute atomic E-state index is 0.375. The second-order valence-electron chi connectivity index (χ2n) is 2.31. The van der Waals surface area contributed by atoms with Crippen molar-refractivity contribution in [3.05, 3.63) is 0 Å². The number of likely N-dealkylation sites (N-methyl/N-ethyl adjacent to an activating group) is 1. The Labute approximate surface area is 62.6 Å². The summed E-state index contributed by atoms with van der Waals surface area (Å²) in [6.07, 6.45) is -0.375. The molecule has 1 N–H and O–H groups in total. The fourth-order valence-corrected chi connectivity index (χ4v) is 0.540. The molecule has 0 spiro atoms. The third-order valence-corrected chi connectivity index (χ3v) is 1.43. The monoisotopic (exact) mass is 147 g/mol. The van der Waals surface area contributed by atoms with Crippen LogP contribution in [0.5, 0.6) is 0 Å². The first-order valence-corrected chi connectivity index (χ1v) is 3.64. The number of ether oxygens (including phenoxy) is 1. The van der Waals surface area contributed by atoms with E-state index in [1.807, 2.05) is 18.9 Å². The van der Waals surface area contributed by atoms with E-state index in [0.29, 0.717) is 6.61 Å². The Kier molecular flexibility index (Phi) is 5.58. The van der Waals surface area contributed by atoms with Crippen LogP contribution in [0.2, 0.25) is 0 Å². The van der Waals surface area contributed by atoms with E-state index in [1.165, 1.54) is 0 Å². The van der Waals surface area contributed by atoms with E-state index < -0.39 is 0 Å². The number of hydrogen-bond acceptors (Lipinski definition) is 3. The average Bonchev–Trinajstić information content (AvgIpc) is 1.88. The highest BCUT2D eigenvalue weighted by Gasteiger charge is 2.02. The fourth-order valence-electron chi connectivity index (χ4n) is 0.540. The number of hydrogen-bond donors (Lipinski definition) is 1. The van der Waals surface area contributed by atoms with Crippen molar-refractivity contribution in [2.75, 3.05) is 26.8 Å². The maximum absolute atomic E-state index is 8.99. The normalized spacial score (nSPS) is 14.1. The van der Waals surface area contributed by atoms with Crippen LogP contribution in [0, 0.1) is 0 Å². The van der Waals surface area contributed by atoms with Crippen molar-refractivity contribution >= 4 is 0 Å². The van der Waals surface area contributed by atoms with Crippen LogP contribution in [0.15, 0.2) is 0 Å². The summed E-state index contributed by atoms with van der Waals surface area (Å²) >= 11 is 0. The molecule has 0 fully saturated rings. The van der Waals surface area contributed by atoms with Crippen molar-refractivity contribution in [3.8, 4) is 0 Å². The predicted octanol–water partition coefficient (Wildman–Crippen LogP) is 0.293. The molecule has 0 aliphatic heterocycles. The van der Waals surface area contributed by atoms with Gasteiger partial charge < -0.3 is 9.84 Å². The second-order valence-corrected chi connectivity index (χ2v) is 2.31. The molecule has 0 saturated heterocycles. The van der Waals surface area contributed by atoms with Crippen molar-refractivity contribution in [2.24, 2.45) is 0 Å². The van der Waals surface area contributed by atoms with Gasteiger partial charge in [0.1, 0.15) is 6.23 Å². The topological polar surface area (TPSA) is 32.7 Å². The Balaban J connectivity index is 3.13. The second kappa shape index (κ2) is 5.65. The molecule has 0 amide bonds. The van der Waals surface area contributed by atoms with E-state index in [-0.39, 0.29) is 6.23 Å². The van der Waals surface area contributed by atoms with E-state index in [2.05, 4.69) is 0 Å². The van der Waals surface area contributed by atoms with Gasteiger partial charge in [0.15, 0.2) is 0 Å². The van der Waals surface area contributed by atoms with Crippen LogP contribution < -0.4 is 0 Å². The van der Waals surface area contributed by atoms with Crippen LogP contribution in [-0.4, -0.2) is 43.0 Å². The van der Waals surface area contributed by atoms with Crippen molar-refractivity contribution in [1.82, 2.24) is 4.90 Å². The Bertz CT molecular complexity index is 76.0. The molecule has 3 heteroatoms. The Hall–Kier alpha value is -0.120. The van der Waals surface area contributed by atoms with Gasteiger partial charge >= 0.3 is 0 Å². The molecule has 0 heterocycles.